The SMILES string of the molecule is c1ccc(B2c3ncccc3C3(c4ccccc4N(c4ccccc4)c4nccnc43)c3cccnc32)cc1. The molecule has 2 aliphatic rings. The van der Waals surface area contributed by atoms with Gasteiger partial charge in [-0.2, -0.15) is 0 Å². The normalized spacial score (nSPS) is 14.3. The highest BCUT2D eigenvalue weighted by atomic mass is 15.2. The van der Waals surface area contributed by atoms with Crippen molar-refractivity contribution in [3.8, 4) is 0 Å². The van der Waals surface area contributed by atoms with Crippen LogP contribution in [-0.4, -0.2) is 26.6 Å². The fourth-order valence-corrected chi connectivity index (χ4v) is 6.54. The van der Waals surface area contributed by atoms with Crippen LogP contribution in [0.5, 0.6) is 0 Å². The molecule has 39 heavy (non-hydrogen) atoms. The summed E-state index contributed by atoms with van der Waals surface area (Å²) in [6.07, 6.45) is 7.35. The van der Waals surface area contributed by atoms with Gasteiger partial charge in [-0.3, -0.25) is 19.9 Å². The van der Waals surface area contributed by atoms with Crippen molar-refractivity contribution >= 4 is 40.6 Å². The van der Waals surface area contributed by atoms with Crippen LogP contribution in [-0.2, 0) is 5.41 Å². The fourth-order valence-electron chi connectivity index (χ4n) is 6.54. The van der Waals surface area contributed by atoms with E-state index in [2.05, 4.69) is 89.8 Å². The summed E-state index contributed by atoms with van der Waals surface area (Å²) in [5.74, 6) is 0.810. The lowest BCUT2D eigenvalue weighted by molar-refractivity contribution is 0.692. The summed E-state index contributed by atoms with van der Waals surface area (Å²) in [5.41, 5.74) is 8.77. The molecule has 1 spiro atoms. The minimum absolute atomic E-state index is 0.0938. The maximum atomic E-state index is 5.11. The largest absolute Gasteiger partial charge is 0.293 e. The zero-order chi connectivity index (χ0) is 25.8. The standard InChI is InChI=1S/C33H22BN5/c1-3-11-23(12-4-1)34-30-26(16-9-19-36-30)33(27-17-10-20-37-31(27)34)25-15-7-8-18-28(25)39(24-13-5-2-6-14-24)32-29(33)35-21-22-38-32/h1-22H. The molecule has 0 amide bonds. The molecule has 5 nitrogen and oxygen atoms in total. The molecule has 2 aliphatic heterocycles. The Morgan fingerprint density at radius 2 is 1.10 bits per heavy atom. The Hall–Kier alpha value is -5.10. The van der Waals surface area contributed by atoms with Crippen LogP contribution in [0.15, 0.2) is 134 Å². The number of fused-ring (bicyclic) bond motifs is 8. The average molecular weight is 499 g/mol. The number of pyridine rings is 2. The van der Waals surface area contributed by atoms with Crippen molar-refractivity contribution in [1.29, 1.82) is 0 Å². The van der Waals surface area contributed by atoms with Crippen LogP contribution >= 0.6 is 0 Å². The van der Waals surface area contributed by atoms with Gasteiger partial charge in [0.15, 0.2) is 5.82 Å². The first kappa shape index (κ1) is 21.9. The quantitative estimate of drug-likeness (QED) is 0.333. The number of aromatic nitrogens is 4. The fraction of sp³-hybridized carbons (Fsp3) is 0.0303. The van der Waals surface area contributed by atoms with Gasteiger partial charge in [0.25, 0.3) is 6.71 Å². The molecule has 6 heteroatoms. The number of hydrogen-bond acceptors (Lipinski definition) is 5. The van der Waals surface area contributed by atoms with Crippen LogP contribution in [0.4, 0.5) is 17.2 Å². The summed E-state index contributed by atoms with van der Waals surface area (Å²) >= 11 is 0. The van der Waals surface area contributed by atoms with Crippen molar-refractivity contribution in [3.63, 3.8) is 0 Å². The molecule has 0 aliphatic carbocycles. The zero-order valence-corrected chi connectivity index (χ0v) is 21.0. The van der Waals surface area contributed by atoms with Gasteiger partial charge in [-0.15, -0.1) is 0 Å². The third kappa shape index (κ3) is 2.97. The van der Waals surface area contributed by atoms with Crippen molar-refractivity contribution in [2.75, 3.05) is 4.90 Å². The van der Waals surface area contributed by atoms with Crippen molar-refractivity contribution in [2.24, 2.45) is 0 Å². The molecule has 0 N–H and O–H groups in total. The van der Waals surface area contributed by atoms with Crippen LogP contribution in [0.25, 0.3) is 0 Å². The van der Waals surface area contributed by atoms with E-state index in [9.17, 15) is 0 Å². The lowest BCUT2D eigenvalue weighted by Crippen LogP contribution is -2.64. The smallest absolute Gasteiger partial charge is 0.289 e. The second kappa shape index (κ2) is 8.46. The van der Waals surface area contributed by atoms with Gasteiger partial charge in [0.1, 0.15) is 5.69 Å². The molecule has 0 saturated heterocycles. The number of hydrogen-bond donors (Lipinski definition) is 0. The highest BCUT2D eigenvalue weighted by molar-refractivity contribution is 6.95. The van der Waals surface area contributed by atoms with Gasteiger partial charge in [0.2, 0.25) is 0 Å². The minimum Gasteiger partial charge on any atom is -0.293 e. The van der Waals surface area contributed by atoms with E-state index in [4.69, 9.17) is 19.9 Å². The van der Waals surface area contributed by atoms with Crippen LogP contribution in [0.2, 0.25) is 0 Å². The molecule has 182 valence electrons. The van der Waals surface area contributed by atoms with Gasteiger partial charge >= 0.3 is 0 Å². The van der Waals surface area contributed by atoms with Gasteiger partial charge in [-0.05, 0) is 47.0 Å². The molecule has 0 atom stereocenters. The van der Waals surface area contributed by atoms with E-state index >= 15 is 0 Å². The van der Waals surface area contributed by atoms with E-state index in [-0.39, 0.29) is 6.71 Å². The summed E-state index contributed by atoms with van der Waals surface area (Å²) in [6.45, 7) is -0.0938. The Labute approximate surface area is 227 Å². The molecule has 0 bridgehead atoms. The molecular weight excluding hydrogens is 477 g/mol. The maximum absolute atomic E-state index is 5.11. The molecule has 0 unspecified atom stereocenters. The minimum atomic E-state index is -0.732. The highest BCUT2D eigenvalue weighted by Gasteiger charge is 2.55. The van der Waals surface area contributed by atoms with Gasteiger partial charge < -0.3 is 0 Å². The lowest BCUT2D eigenvalue weighted by Gasteiger charge is -2.47. The number of rotatable bonds is 2. The second-order valence-electron chi connectivity index (χ2n) is 9.88. The molecule has 3 aromatic carbocycles. The third-order valence-electron chi connectivity index (χ3n) is 7.97. The van der Waals surface area contributed by atoms with E-state index < -0.39 is 5.41 Å². The summed E-state index contributed by atoms with van der Waals surface area (Å²) in [4.78, 5) is 22.4. The summed E-state index contributed by atoms with van der Waals surface area (Å²) in [7, 11) is 0. The lowest BCUT2D eigenvalue weighted by atomic mass is 9.33. The number of para-hydroxylation sites is 2. The first-order valence-electron chi connectivity index (χ1n) is 13.1. The topological polar surface area (TPSA) is 54.8 Å². The van der Waals surface area contributed by atoms with Crippen molar-refractivity contribution in [1.82, 2.24) is 19.9 Å². The Bertz CT molecular complexity index is 1610. The van der Waals surface area contributed by atoms with E-state index in [1.807, 2.05) is 36.7 Å². The van der Waals surface area contributed by atoms with E-state index in [0.717, 1.165) is 50.8 Å². The summed E-state index contributed by atoms with van der Waals surface area (Å²) in [5, 5.41) is 0. The monoisotopic (exact) mass is 499 g/mol. The Morgan fingerprint density at radius 3 is 1.82 bits per heavy atom. The zero-order valence-electron chi connectivity index (χ0n) is 21.0. The molecule has 0 radical (unpaired) electrons. The number of nitrogens with zero attached hydrogens (tertiary/aromatic N) is 5. The molecule has 3 aromatic heterocycles. The van der Waals surface area contributed by atoms with Crippen molar-refractivity contribution in [3.05, 3.63) is 156 Å². The molecule has 5 heterocycles. The Balaban J connectivity index is 1.53. The van der Waals surface area contributed by atoms with Crippen LogP contribution < -0.4 is 21.5 Å². The van der Waals surface area contributed by atoms with E-state index in [1.54, 1.807) is 12.4 Å². The van der Waals surface area contributed by atoms with Gasteiger partial charge in [0, 0.05) is 41.7 Å². The van der Waals surface area contributed by atoms with Crippen LogP contribution in [0.1, 0.15) is 22.4 Å². The molecular formula is C33H22BN5. The molecule has 8 rings (SSSR count). The number of anilines is 3. The third-order valence-corrected chi connectivity index (χ3v) is 7.97. The first-order valence-corrected chi connectivity index (χ1v) is 13.1. The molecule has 0 fully saturated rings. The van der Waals surface area contributed by atoms with Gasteiger partial charge in [-0.25, -0.2) is 4.98 Å². The molecule has 0 saturated carbocycles. The predicted octanol–water partition coefficient (Wildman–Crippen LogP) is 4.26. The Kier molecular flexibility index (Phi) is 4.76. The van der Waals surface area contributed by atoms with Crippen LogP contribution in [0, 0.1) is 0 Å². The van der Waals surface area contributed by atoms with E-state index in [0.29, 0.717) is 0 Å². The van der Waals surface area contributed by atoms with E-state index in [1.165, 1.54) is 5.46 Å². The van der Waals surface area contributed by atoms with Crippen LogP contribution in [0.3, 0.4) is 0 Å². The average Bonchev–Trinajstić information content (AvgIpc) is 3.02. The first-order chi connectivity index (χ1) is 19.4. The summed E-state index contributed by atoms with van der Waals surface area (Å²) < 4.78 is 0. The van der Waals surface area contributed by atoms with Gasteiger partial charge in [0.05, 0.1) is 11.1 Å². The van der Waals surface area contributed by atoms with Gasteiger partial charge in [-0.1, -0.05) is 84.3 Å². The predicted molar refractivity (Wildman–Crippen MR) is 155 cm³/mol. The summed E-state index contributed by atoms with van der Waals surface area (Å²) in [6, 6.07) is 38.0. The molecule has 6 aromatic rings. The van der Waals surface area contributed by atoms with Crippen molar-refractivity contribution in [2.45, 2.75) is 5.41 Å². The maximum Gasteiger partial charge on any atom is 0.289 e. The van der Waals surface area contributed by atoms with Crippen molar-refractivity contribution < 1.29 is 0 Å². The second-order valence-corrected chi connectivity index (χ2v) is 9.88. The number of benzene rings is 3. The Morgan fingerprint density at radius 1 is 0.513 bits per heavy atom. The highest BCUT2D eigenvalue weighted by Crippen LogP contribution is 2.56.